The van der Waals surface area contributed by atoms with Crippen molar-refractivity contribution in [3.63, 3.8) is 0 Å². The van der Waals surface area contributed by atoms with Crippen LogP contribution in [0.5, 0.6) is 0 Å². The van der Waals surface area contributed by atoms with E-state index in [-0.39, 0.29) is 12.3 Å². The van der Waals surface area contributed by atoms with E-state index in [2.05, 4.69) is 15.2 Å². The summed E-state index contributed by atoms with van der Waals surface area (Å²) >= 11 is 0. The molecule has 3 heterocycles. The number of anilines is 1. The summed E-state index contributed by atoms with van der Waals surface area (Å²) in [6.07, 6.45) is 1.26. The molecule has 0 bridgehead atoms. The molecule has 2 aliphatic heterocycles. The summed E-state index contributed by atoms with van der Waals surface area (Å²) in [5, 5.41) is 12.4. The van der Waals surface area contributed by atoms with Crippen LogP contribution < -0.4 is 10.2 Å². The van der Waals surface area contributed by atoms with Crippen LogP contribution in [0.25, 0.3) is 11.4 Å². The summed E-state index contributed by atoms with van der Waals surface area (Å²) in [7, 11) is 0. The zero-order chi connectivity index (χ0) is 19.0. The second-order valence-electron chi connectivity index (χ2n) is 7.34. The molecular weight excluding hydrogens is 344 g/mol. The number of piperidine rings is 1. The molecule has 1 spiro atoms. The largest absolute Gasteiger partial charge is 0.481 e. The van der Waals surface area contributed by atoms with Gasteiger partial charge >= 0.3 is 5.97 Å². The lowest BCUT2D eigenvalue weighted by Gasteiger charge is -2.42. The maximum atomic E-state index is 11.8. The van der Waals surface area contributed by atoms with Gasteiger partial charge in [-0.25, -0.2) is 9.97 Å². The van der Waals surface area contributed by atoms with Crippen LogP contribution in [-0.4, -0.2) is 45.6 Å². The average Bonchev–Trinajstić information content (AvgIpc) is 2.98. The summed E-state index contributed by atoms with van der Waals surface area (Å²) < 4.78 is 0. The predicted octanol–water partition coefficient (Wildman–Crippen LogP) is 2.01. The molecule has 2 fully saturated rings. The van der Waals surface area contributed by atoms with Crippen LogP contribution in [0.4, 0.5) is 5.82 Å². The number of hydrogen-bond donors (Lipinski definition) is 2. The normalized spacial score (nSPS) is 21.3. The van der Waals surface area contributed by atoms with Gasteiger partial charge < -0.3 is 15.3 Å². The summed E-state index contributed by atoms with van der Waals surface area (Å²) in [4.78, 5) is 34.8. The van der Waals surface area contributed by atoms with E-state index in [1.807, 2.05) is 43.3 Å². The highest BCUT2D eigenvalue weighted by atomic mass is 16.4. The molecule has 1 aromatic heterocycles. The van der Waals surface area contributed by atoms with Crippen molar-refractivity contribution in [1.29, 1.82) is 0 Å². The van der Waals surface area contributed by atoms with Gasteiger partial charge in [-0.2, -0.15) is 0 Å². The third-order valence-electron chi connectivity index (χ3n) is 5.60. The highest BCUT2D eigenvalue weighted by Gasteiger charge is 2.51. The van der Waals surface area contributed by atoms with Crippen molar-refractivity contribution in [3.8, 4) is 11.4 Å². The van der Waals surface area contributed by atoms with Gasteiger partial charge in [-0.15, -0.1) is 0 Å². The number of carbonyl (C=O) groups excluding carboxylic acids is 1. The van der Waals surface area contributed by atoms with E-state index < -0.39 is 17.4 Å². The molecule has 1 atom stereocenters. The first-order chi connectivity index (χ1) is 13.0. The Balaban J connectivity index is 1.56. The van der Waals surface area contributed by atoms with Crippen molar-refractivity contribution in [2.75, 3.05) is 18.0 Å². The monoisotopic (exact) mass is 366 g/mol. The lowest BCUT2D eigenvalue weighted by Crippen LogP contribution is -2.55. The topological polar surface area (TPSA) is 95.4 Å². The van der Waals surface area contributed by atoms with Gasteiger partial charge in [-0.05, 0) is 19.8 Å². The molecule has 2 aromatic rings. The molecule has 7 heteroatoms. The second-order valence-corrected chi connectivity index (χ2v) is 7.34. The minimum atomic E-state index is -0.897. The second kappa shape index (κ2) is 6.64. The summed E-state index contributed by atoms with van der Waals surface area (Å²) in [6.45, 7) is 3.24. The van der Waals surface area contributed by atoms with E-state index in [0.29, 0.717) is 31.8 Å². The standard InChI is InChI=1S/C20H22N4O3/c1-13-11-16(22-18(21-13)14-5-3-2-4-6-14)24-9-7-20(8-10-24)15(19(26)27)12-17(25)23-20/h2-6,11,15H,7-10,12H2,1H3,(H,23,25)(H,26,27). The van der Waals surface area contributed by atoms with Gasteiger partial charge in [0.05, 0.1) is 11.5 Å². The molecule has 1 unspecified atom stereocenters. The van der Waals surface area contributed by atoms with Crippen molar-refractivity contribution in [2.24, 2.45) is 5.92 Å². The SMILES string of the molecule is Cc1cc(N2CCC3(CC2)NC(=O)CC3C(=O)O)nc(-c2ccccc2)n1. The molecule has 7 nitrogen and oxygen atoms in total. The van der Waals surface area contributed by atoms with E-state index in [9.17, 15) is 14.7 Å². The Hall–Kier alpha value is -2.96. The van der Waals surface area contributed by atoms with Gasteiger partial charge in [-0.3, -0.25) is 9.59 Å². The first kappa shape index (κ1) is 17.5. The number of carboxylic acid groups (broad SMARTS) is 1. The molecule has 0 aliphatic carbocycles. The summed E-state index contributed by atoms with van der Waals surface area (Å²) in [6, 6.07) is 11.8. The van der Waals surface area contributed by atoms with E-state index >= 15 is 0 Å². The van der Waals surface area contributed by atoms with Crippen LogP contribution in [0.2, 0.25) is 0 Å². The number of aliphatic carboxylic acids is 1. The fraction of sp³-hybridized carbons (Fsp3) is 0.400. The maximum absolute atomic E-state index is 11.8. The maximum Gasteiger partial charge on any atom is 0.309 e. The van der Waals surface area contributed by atoms with Crippen LogP contribution in [0, 0.1) is 12.8 Å². The number of nitrogens with zero attached hydrogens (tertiary/aromatic N) is 3. The number of benzene rings is 1. The number of rotatable bonds is 3. The Kier molecular flexibility index (Phi) is 4.30. The average molecular weight is 366 g/mol. The minimum Gasteiger partial charge on any atom is -0.481 e. The molecule has 4 rings (SSSR count). The zero-order valence-electron chi connectivity index (χ0n) is 15.2. The smallest absolute Gasteiger partial charge is 0.309 e. The lowest BCUT2D eigenvalue weighted by atomic mass is 9.78. The van der Waals surface area contributed by atoms with E-state index in [1.54, 1.807) is 0 Å². The highest BCUT2D eigenvalue weighted by Crippen LogP contribution is 2.38. The van der Waals surface area contributed by atoms with E-state index in [4.69, 9.17) is 4.98 Å². The molecule has 1 amide bonds. The molecule has 2 N–H and O–H groups in total. The minimum absolute atomic E-state index is 0.0695. The number of carboxylic acids is 1. The van der Waals surface area contributed by atoms with Crippen LogP contribution >= 0.6 is 0 Å². The van der Waals surface area contributed by atoms with Crippen molar-refractivity contribution >= 4 is 17.7 Å². The zero-order valence-corrected chi connectivity index (χ0v) is 15.2. The molecule has 140 valence electrons. The molecule has 1 aromatic carbocycles. The Labute approximate surface area is 157 Å². The van der Waals surface area contributed by atoms with Crippen molar-refractivity contribution in [2.45, 2.75) is 31.7 Å². The highest BCUT2D eigenvalue weighted by molar-refractivity contribution is 5.88. The lowest BCUT2D eigenvalue weighted by molar-refractivity contribution is -0.144. The Morgan fingerprint density at radius 3 is 2.59 bits per heavy atom. The third kappa shape index (κ3) is 3.25. The molecule has 0 saturated carbocycles. The number of amides is 1. The first-order valence-electron chi connectivity index (χ1n) is 9.17. The molecule has 27 heavy (non-hydrogen) atoms. The summed E-state index contributed by atoms with van der Waals surface area (Å²) in [5.41, 5.74) is 1.21. The van der Waals surface area contributed by atoms with Gasteiger partial charge in [0.25, 0.3) is 0 Å². The molecule has 2 saturated heterocycles. The van der Waals surface area contributed by atoms with Gasteiger partial charge in [0.2, 0.25) is 5.91 Å². The van der Waals surface area contributed by atoms with Crippen LogP contribution in [0.1, 0.15) is 25.0 Å². The van der Waals surface area contributed by atoms with Crippen molar-refractivity contribution < 1.29 is 14.7 Å². The van der Waals surface area contributed by atoms with Crippen LogP contribution in [0.3, 0.4) is 0 Å². The number of nitrogens with one attached hydrogen (secondary N) is 1. The third-order valence-corrected chi connectivity index (χ3v) is 5.60. The van der Waals surface area contributed by atoms with Crippen molar-refractivity contribution in [1.82, 2.24) is 15.3 Å². The number of aryl methyl sites for hydroxylation is 1. The van der Waals surface area contributed by atoms with Crippen molar-refractivity contribution in [3.05, 3.63) is 42.1 Å². The first-order valence-corrected chi connectivity index (χ1v) is 9.17. The molecule has 2 aliphatic rings. The number of aromatic nitrogens is 2. The Morgan fingerprint density at radius 1 is 1.22 bits per heavy atom. The van der Waals surface area contributed by atoms with Gasteiger partial charge in [0.1, 0.15) is 5.82 Å². The van der Waals surface area contributed by atoms with E-state index in [0.717, 1.165) is 17.1 Å². The van der Waals surface area contributed by atoms with Gasteiger partial charge in [-0.1, -0.05) is 30.3 Å². The Bertz CT molecular complexity index is 876. The molecule has 0 radical (unpaired) electrons. The van der Waals surface area contributed by atoms with Crippen LogP contribution in [0.15, 0.2) is 36.4 Å². The summed E-state index contributed by atoms with van der Waals surface area (Å²) in [5.74, 6) is -0.193. The number of hydrogen-bond acceptors (Lipinski definition) is 5. The van der Waals surface area contributed by atoms with Crippen LogP contribution in [-0.2, 0) is 9.59 Å². The predicted molar refractivity (Wildman–Crippen MR) is 100 cm³/mol. The molecular formula is C20H22N4O3. The fourth-order valence-corrected chi connectivity index (χ4v) is 4.16. The quantitative estimate of drug-likeness (QED) is 0.863. The van der Waals surface area contributed by atoms with Gasteiger partial charge in [0.15, 0.2) is 5.82 Å². The fourth-order valence-electron chi connectivity index (χ4n) is 4.16. The van der Waals surface area contributed by atoms with E-state index in [1.165, 1.54) is 0 Å². The van der Waals surface area contributed by atoms with Gasteiger partial charge in [0, 0.05) is 36.8 Å². The Morgan fingerprint density at radius 2 is 1.93 bits per heavy atom. The number of carbonyl (C=O) groups is 2.